The van der Waals surface area contributed by atoms with E-state index < -0.39 is 0 Å². The molecule has 1 saturated heterocycles. The molecule has 0 aliphatic carbocycles. The lowest BCUT2D eigenvalue weighted by Gasteiger charge is -2.15. The maximum absolute atomic E-state index is 13.0. The molecule has 2 aromatic rings. The maximum atomic E-state index is 13.0. The summed E-state index contributed by atoms with van der Waals surface area (Å²) in [5, 5.41) is 2.06. The molecule has 1 aliphatic heterocycles. The van der Waals surface area contributed by atoms with Crippen molar-refractivity contribution in [3.05, 3.63) is 70.9 Å². The van der Waals surface area contributed by atoms with Gasteiger partial charge >= 0.3 is 0 Å². The van der Waals surface area contributed by atoms with Crippen LogP contribution in [0.25, 0.3) is 0 Å². The minimum atomic E-state index is -0.224. The average Bonchev–Trinajstić information content (AvgIpc) is 2.83. The number of benzene rings is 2. The molecule has 0 spiro atoms. The molecule has 0 atom stereocenters. The Hall–Kier alpha value is -2.07. The fourth-order valence-corrected chi connectivity index (χ4v) is 3.34. The summed E-state index contributed by atoms with van der Waals surface area (Å²) in [7, 11) is 0. The topological polar surface area (TPSA) is 21.6 Å². The van der Waals surface area contributed by atoms with E-state index >= 15 is 0 Å². The number of halogens is 1. The second kappa shape index (κ2) is 6.81. The van der Waals surface area contributed by atoms with E-state index in [1.807, 2.05) is 24.3 Å². The highest BCUT2D eigenvalue weighted by molar-refractivity contribution is 8.02. The minimum absolute atomic E-state index is 0.101. The Morgan fingerprint density at radius 3 is 2.42 bits per heavy atom. The molecule has 4 heteroatoms. The molecule has 0 radical (unpaired) electrons. The van der Waals surface area contributed by atoms with Crippen molar-refractivity contribution in [3.63, 3.8) is 0 Å². The van der Waals surface area contributed by atoms with Crippen LogP contribution in [-0.4, -0.2) is 12.5 Å². The lowest BCUT2D eigenvalue weighted by atomic mass is 9.88. The van der Waals surface area contributed by atoms with Crippen LogP contribution in [-0.2, 0) is 4.74 Å². The van der Waals surface area contributed by atoms with E-state index in [-0.39, 0.29) is 11.2 Å². The van der Waals surface area contributed by atoms with Gasteiger partial charge in [0.25, 0.3) is 0 Å². The monoisotopic (exact) mass is 341 g/mol. The Morgan fingerprint density at radius 1 is 1.08 bits per heavy atom. The number of ether oxygens (including phenoxy) is 1. The van der Waals surface area contributed by atoms with Crippen LogP contribution in [0.5, 0.6) is 0 Å². The first-order valence-electron chi connectivity index (χ1n) is 7.85. The van der Waals surface area contributed by atoms with Gasteiger partial charge in [-0.2, -0.15) is 0 Å². The summed E-state index contributed by atoms with van der Waals surface area (Å²) in [6.45, 7) is 6.94. The van der Waals surface area contributed by atoms with E-state index in [1.165, 1.54) is 17.7 Å². The van der Waals surface area contributed by atoms with Crippen LogP contribution in [0.4, 0.5) is 10.1 Å². The molecule has 1 aliphatic rings. The molecular formula is C20H20FNOS. The summed E-state index contributed by atoms with van der Waals surface area (Å²) in [5.74, 6) is 0.441. The zero-order chi connectivity index (χ0) is 17.2. The molecule has 0 amide bonds. The predicted octanol–water partition coefficient (Wildman–Crippen LogP) is 5.90. The quantitative estimate of drug-likeness (QED) is 0.649. The van der Waals surface area contributed by atoms with E-state index in [0.29, 0.717) is 12.5 Å². The van der Waals surface area contributed by atoms with Crippen molar-refractivity contribution >= 4 is 23.3 Å². The number of aliphatic imine (C=N–C) groups is 1. The van der Waals surface area contributed by atoms with Gasteiger partial charge in [0.15, 0.2) is 0 Å². The fourth-order valence-electron chi connectivity index (χ4n) is 2.37. The second-order valence-electron chi connectivity index (χ2n) is 6.53. The molecule has 2 aromatic carbocycles. The van der Waals surface area contributed by atoms with Gasteiger partial charge in [-0.3, -0.25) is 0 Å². The minimum Gasteiger partial charge on any atom is -0.476 e. The molecule has 2 nitrogen and oxygen atoms in total. The predicted molar refractivity (Wildman–Crippen MR) is 98.3 cm³/mol. The number of aryl methyl sites for hydroxylation is 1. The van der Waals surface area contributed by atoms with Crippen molar-refractivity contribution in [1.82, 2.24) is 0 Å². The molecule has 0 unspecified atom stereocenters. The van der Waals surface area contributed by atoms with Crippen LogP contribution in [0.2, 0.25) is 0 Å². The second-order valence-corrected chi connectivity index (χ2v) is 7.47. The van der Waals surface area contributed by atoms with Gasteiger partial charge in [-0.05, 0) is 48.7 Å². The molecule has 1 fully saturated rings. The highest BCUT2D eigenvalue weighted by Crippen LogP contribution is 2.38. The maximum Gasteiger partial charge on any atom is 0.218 e. The molecule has 0 bridgehead atoms. The molecule has 0 saturated carbocycles. The average molecular weight is 341 g/mol. The van der Waals surface area contributed by atoms with Crippen LogP contribution in [0.15, 0.2) is 69.4 Å². The fraction of sp³-hybridized carbons (Fsp3) is 0.250. The number of rotatable bonds is 3. The summed E-state index contributed by atoms with van der Waals surface area (Å²) in [5.41, 5.74) is 3.05. The van der Waals surface area contributed by atoms with E-state index in [4.69, 9.17) is 4.74 Å². The van der Waals surface area contributed by atoms with Crippen molar-refractivity contribution in [2.45, 2.75) is 25.7 Å². The highest BCUT2D eigenvalue weighted by Gasteiger charge is 2.36. The standard InChI is InChI=1S/C20H20FNOS/c1-14-4-8-16(9-5-14)22-19-18(20(2,3)13-23-19)12-24-17-10-6-15(21)7-11-17/h4-12H,13H2,1-3H3/b18-12-,22-19?. The largest absolute Gasteiger partial charge is 0.476 e. The summed E-state index contributed by atoms with van der Waals surface area (Å²) >= 11 is 1.56. The summed E-state index contributed by atoms with van der Waals surface area (Å²) in [6.07, 6.45) is 0. The van der Waals surface area contributed by atoms with Crippen LogP contribution < -0.4 is 0 Å². The Balaban J connectivity index is 1.87. The van der Waals surface area contributed by atoms with E-state index in [2.05, 4.69) is 31.2 Å². The molecule has 0 aromatic heterocycles. The number of nitrogens with zero attached hydrogens (tertiary/aromatic N) is 1. The third-order valence-corrected chi connectivity index (χ3v) is 4.82. The Kier molecular flexibility index (Phi) is 4.76. The van der Waals surface area contributed by atoms with Crippen molar-refractivity contribution in [1.29, 1.82) is 0 Å². The van der Waals surface area contributed by atoms with Gasteiger partial charge in [0.1, 0.15) is 5.82 Å². The van der Waals surface area contributed by atoms with Crippen LogP contribution in [0, 0.1) is 18.2 Å². The third-order valence-electron chi connectivity index (χ3n) is 3.92. The van der Waals surface area contributed by atoms with Gasteiger partial charge in [0, 0.05) is 15.9 Å². The number of hydrogen-bond donors (Lipinski definition) is 0. The lowest BCUT2D eigenvalue weighted by Crippen LogP contribution is -2.13. The van der Waals surface area contributed by atoms with Crippen molar-refractivity contribution in [3.8, 4) is 0 Å². The van der Waals surface area contributed by atoms with Crippen LogP contribution >= 0.6 is 11.8 Å². The molecule has 124 valence electrons. The van der Waals surface area contributed by atoms with Crippen molar-refractivity contribution in [2.75, 3.05) is 6.61 Å². The molecule has 3 rings (SSSR count). The Bertz CT molecular complexity index is 776. The van der Waals surface area contributed by atoms with Gasteiger partial charge in [-0.1, -0.05) is 43.3 Å². The highest BCUT2D eigenvalue weighted by atomic mass is 32.2. The lowest BCUT2D eigenvalue weighted by molar-refractivity contribution is 0.254. The first kappa shape index (κ1) is 16.8. The van der Waals surface area contributed by atoms with E-state index in [0.717, 1.165) is 16.2 Å². The van der Waals surface area contributed by atoms with Gasteiger partial charge in [-0.25, -0.2) is 9.38 Å². The third kappa shape index (κ3) is 3.88. The van der Waals surface area contributed by atoms with Gasteiger partial charge in [0.05, 0.1) is 12.3 Å². The zero-order valence-corrected chi connectivity index (χ0v) is 14.9. The Labute approximate surface area is 146 Å². The number of thioether (sulfide) groups is 1. The van der Waals surface area contributed by atoms with E-state index in [1.54, 1.807) is 23.9 Å². The van der Waals surface area contributed by atoms with Crippen molar-refractivity contribution < 1.29 is 9.13 Å². The van der Waals surface area contributed by atoms with Crippen LogP contribution in [0.3, 0.4) is 0 Å². The molecule has 1 heterocycles. The summed E-state index contributed by atoms with van der Waals surface area (Å²) in [6, 6.07) is 14.5. The first-order valence-corrected chi connectivity index (χ1v) is 8.73. The first-order chi connectivity index (χ1) is 11.4. The van der Waals surface area contributed by atoms with Crippen LogP contribution in [0.1, 0.15) is 19.4 Å². The SMILES string of the molecule is Cc1ccc(N=C2OCC(C)(C)/C2=C\Sc2ccc(F)cc2)cc1. The molecule has 24 heavy (non-hydrogen) atoms. The van der Waals surface area contributed by atoms with Gasteiger partial charge < -0.3 is 4.74 Å². The molecular weight excluding hydrogens is 321 g/mol. The summed E-state index contributed by atoms with van der Waals surface area (Å²) in [4.78, 5) is 5.64. The smallest absolute Gasteiger partial charge is 0.218 e. The van der Waals surface area contributed by atoms with Crippen molar-refractivity contribution in [2.24, 2.45) is 10.4 Å². The summed E-state index contributed by atoms with van der Waals surface area (Å²) < 4.78 is 18.9. The Morgan fingerprint density at radius 2 is 1.75 bits per heavy atom. The number of hydrogen-bond acceptors (Lipinski definition) is 3. The van der Waals surface area contributed by atoms with Gasteiger partial charge in [-0.15, -0.1) is 0 Å². The zero-order valence-electron chi connectivity index (χ0n) is 14.0. The molecule has 0 N–H and O–H groups in total. The van der Waals surface area contributed by atoms with Gasteiger partial charge in [0.2, 0.25) is 5.90 Å². The normalized spacial score (nSPS) is 19.7. The van der Waals surface area contributed by atoms with E-state index in [9.17, 15) is 4.39 Å².